The monoisotopic (exact) mass is 182 g/mol. The van der Waals surface area contributed by atoms with Crippen LogP contribution in [0.2, 0.25) is 0 Å². The number of alkyl halides is 1. The fraction of sp³-hybridized carbons (Fsp3) is 0.200. The van der Waals surface area contributed by atoms with Gasteiger partial charge >= 0.3 is 0 Å². The Morgan fingerprint density at radius 2 is 2.25 bits per heavy atom. The van der Waals surface area contributed by atoms with E-state index in [1.807, 2.05) is 25.1 Å². The minimum atomic E-state index is 0.131. The SMILES string of the molecule is C=c1ccc(C)cc1=C(O)CCl. The first-order valence-corrected chi connectivity index (χ1v) is 4.22. The van der Waals surface area contributed by atoms with E-state index in [1.54, 1.807) is 0 Å². The van der Waals surface area contributed by atoms with Gasteiger partial charge in [-0.1, -0.05) is 24.3 Å². The molecule has 1 aromatic rings. The summed E-state index contributed by atoms with van der Waals surface area (Å²) in [5.74, 6) is 0.316. The zero-order valence-corrected chi connectivity index (χ0v) is 7.73. The van der Waals surface area contributed by atoms with Crippen molar-refractivity contribution in [3.05, 3.63) is 34.2 Å². The van der Waals surface area contributed by atoms with E-state index in [-0.39, 0.29) is 11.6 Å². The highest BCUT2D eigenvalue weighted by atomic mass is 35.5. The van der Waals surface area contributed by atoms with Gasteiger partial charge in [0.25, 0.3) is 0 Å². The van der Waals surface area contributed by atoms with Crippen LogP contribution in [0, 0.1) is 6.92 Å². The maximum absolute atomic E-state index is 9.38. The van der Waals surface area contributed by atoms with E-state index in [0.717, 1.165) is 16.0 Å². The second-order valence-corrected chi connectivity index (χ2v) is 3.01. The van der Waals surface area contributed by atoms with E-state index < -0.39 is 0 Å². The zero-order valence-electron chi connectivity index (χ0n) is 6.97. The molecule has 0 atom stereocenters. The summed E-state index contributed by atoms with van der Waals surface area (Å²) in [4.78, 5) is 0. The average Bonchev–Trinajstić information content (AvgIpc) is 2.08. The Kier molecular flexibility index (Phi) is 2.77. The van der Waals surface area contributed by atoms with Gasteiger partial charge in [0, 0.05) is 5.22 Å². The third-order valence-corrected chi connectivity index (χ3v) is 1.96. The van der Waals surface area contributed by atoms with E-state index in [1.165, 1.54) is 0 Å². The molecule has 0 bridgehead atoms. The van der Waals surface area contributed by atoms with Gasteiger partial charge in [-0.15, -0.1) is 11.6 Å². The van der Waals surface area contributed by atoms with E-state index in [0.29, 0.717) is 0 Å². The van der Waals surface area contributed by atoms with Gasteiger partial charge in [-0.05, 0) is 18.2 Å². The molecular formula is C10H11ClO. The molecular weight excluding hydrogens is 172 g/mol. The normalized spacial score (nSPS) is 12.8. The van der Waals surface area contributed by atoms with Crippen LogP contribution >= 0.6 is 11.6 Å². The number of aryl methyl sites for hydroxylation is 1. The fourth-order valence-corrected chi connectivity index (χ4v) is 1.17. The van der Waals surface area contributed by atoms with Crippen LogP contribution in [-0.4, -0.2) is 11.0 Å². The molecule has 0 aliphatic rings. The van der Waals surface area contributed by atoms with Gasteiger partial charge in [-0.3, -0.25) is 0 Å². The maximum atomic E-state index is 9.38. The molecule has 64 valence electrons. The second-order valence-electron chi connectivity index (χ2n) is 2.74. The standard InChI is InChI=1S/C10H11ClO/c1-7-3-4-8(2)9(5-7)10(12)6-11/h3-5,12H,2,6H2,1H3. The van der Waals surface area contributed by atoms with Crippen LogP contribution in [0.1, 0.15) is 5.56 Å². The second kappa shape index (κ2) is 3.63. The van der Waals surface area contributed by atoms with Gasteiger partial charge in [0.15, 0.2) is 0 Å². The summed E-state index contributed by atoms with van der Waals surface area (Å²) in [6.45, 7) is 5.75. The Morgan fingerprint density at radius 3 is 2.83 bits per heavy atom. The van der Waals surface area contributed by atoms with Crippen LogP contribution in [0.4, 0.5) is 0 Å². The summed E-state index contributed by atoms with van der Waals surface area (Å²) >= 11 is 5.50. The lowest BCUT2D eigenvalue weighted by molar-refractivity contribution is 0.500. The first-order valence-electron chi connectivity index (χ1n) is 3.69. The largest absolute Gasteiger partial charge is 0.510 e. The van der Waals surface area contributed by atoms with Gasteiger partial charge in [0.1, 0.15) is 5.76 Å². The topological polar surface area (TPSA) is 20.2 Å². The first kappa shape index (κ1) is 9.14. The van der Waals surface area contributed by atoms with Crippen molar-refractivity contribution in [2.24, 2.45) is 0 Å². The van der Waals surface area contributed by atoms with Crippen molar-refractivity contribution in [2.45, 2.75) is 6.92 Å². The Hall–Kier alpha value is -0.950. The van der Waals surface area contributed by atoms with E-state index in [9.17, 15) is 5.11 Å². The lowest BCUT2D eigenvalue weighted by Crippen LogP contribution is -2.26. The number of hydrogen-bond donors (Lipinski definition) is 1. The molecule has 0 saturated carbocycles. The molecule has 0 aliphatic carbocycles. The van der Waals surface area contributed by atoms with E-state index in [2.05, 4.69) is 6.58 Å². The molecule has 1 rings (SSSR count). The predicted molar refractivity (Wildman–Crippen MR) is 52.7 cm³/mol. The van der Waals surface area contributed by atoms with Crippen LogP contribution in [0.15, 0.2) is 18.2 Å². The third kappa shape index (κ3) is 1.80. The highest BCUT2D eigenvalue weighted by Gasteiger charge is 1.93. The quantitative estimate of drug-likeness (QED) is 0.650. The number of rotatable bonds is 1. The average molecular weight is 183 g/mol. The Bertz CT molecular complexity index is 381. The number of benzene rings is 1. The molecule has 0 aromatic heterocycles. The Morgan fingerprint density at radius 1 is 1.58 bits per heavy atom. The Balaban J connectivity index is 3.52. The van der Waals surface area contributed by atoms with Crippen molar-refractivity contribution in [1.29, 1.82) is 0 Å². The Labute approximate surface area is 76.6 Å². The van der Waals surface area contributed by atoms with Crippen LogP contribution in [-0.2, 0) is 0 Å². The maximum Gasteiger partial charge on any atom is 0.115 e. The summed E-state index contributed by atoms with van der Waals surface area (Å²) in [6.07, 6.45) is 0. The zero-order chi connectivity index (χ0) is 9.14. The number of aliphatic hydroxyl groups is 1. The van der Waals surface area contributed by atoms with Crippen molar-refractivity contribution < 1.29 is 5.11 Å². The van der Waals surface area contributed by atoms with Crippen molar-refractivity contribution in [3.63, 3.8) is 0 Å². The van der Waals surface area contributed by atoms with Gasteiger partial charge in [0.2, 0.25) is 0 Å². The van der Waals surface area contributed by atoms with Crippen molar-refractivity contribution in [3.8, 4) is 0 Å². The van der Waals surface area contributed by atoms with E-state index >= 15 is 0 Å². The molecule has 12 heavy (non-hydrogen) atoms. The molecule has 0 radical (unpaired) electrons. The number of halogens is 1. The highest BCUT2D eigenvalue weighted by Crippen LogP contribution is 1.91. The molecule has 0 aliphatic heterocycles. The van der Waals surface area contributed by atoms with Crippen LogP contribution in [0.3, 0.4) is 0 Å². The summed E-state index contributed by atoms with van der Waals surface area (Å²) in [7, 11) is 0. The molecule has 0 fully saturated rings. The molecule has 0 spiro atoms. The summed E-state index contributed by atoms with van der Waals surface area (Å²) in [6, 6.07) is 5.70. The fourth-order valence-electron chi connectivity index (χ4n) is 1.03. The third-order valence-electron chi connectivity index (χ3n) is 1.70. The lowest BCUT2D eigenvalue weighted by Gasteiger charge is -1.96. The van der Waals surface area contributed by atoms with E-state index in [4.69, 9.17) is 11.6 Å². The summed E-state index contributed by atoms with van der Waals surface area (Å²) in [5, 5.41) is 10.9. The van der Waals surface area contributed by atoms with Gasteiger partial charge in [-0.2, -0.15) is 0 Å². The summed E-state index contributed by atoms with van der Waals surface area (Å²) in [5.41, 5.74) is 1.09. The van der Waals surface area contributed by atoms with Crippen LogP contribution in [0.25, 0.3) is 12.3 Å². The molecule has 1 aromatic carbocycles. The molecule has 2 heteroatoms. The molecule has 0 amide bonds. The molecule has 0 saturated heterocycles. The van der Waals surface area contributed by atoms with Gasteiger partial charge in [-0.25, -0.2) is 0 Å². The van der Waals surface area contributed by atoms with Gasteiger partial charge < -0.3 is 5.11 Å². The molecule has 0 unspecified atom stereocenters. The van der Waals surface area contributed by atoms with Crippen molar-refractivity contribution in [2.75, 3.05) is 5.88 Å². The molecule has 1 N–H and O–H groups in total. The molecule has 1 nitrogen and oxygen atoms in total. The number of aliphatic hydroxyl groups excluding tert-OH is 1. The molecule has 0 heterocycles. The van der Waals surface area contributed by atoms with Crippen LogP contribution in [0.5, 0.6) is 0 Å². The van der Waals surface area contributed by atoms with Crippen LogP contribution < -0.4 is 10.4 Å². The minimum absolute atomic E-state index is 0.131. The highest BCUT2D eigenvalue weighted by molar-refractivity contribution is 6.21. The smallest absolute Gasteiger partial charge is 0.115 e. The van der Waals surface area contributed by atoms with Gasteiger partial charge in [0.05, 0.1) is 5.88 Å². The minimum Gasteiger partial charge on any atom is -0.510 e. The summed E-state index contributed by atoms with van der Waals surface area (Å²) < 4.78 is 0. The predicted octanol–water partition coefficient (Wildman–Crippen LogP) is 1.31. The first-order chi connectivity index (χ1) is 5.65. The van der Waals surface area contributed by atoms with Crippen molar-refractivity contribution >= 4 is 23.9 Å². The number of hydrogen-bond acceptors (Lipinski definition) is 1. The lowest BCUT2D eigenvalue weighted by atomic mass is 10.1. The van der Waals surface area contributed by atoms with Crippen molar-refractivity contribution in [1.82, 2.24) is 0 Å².